The van der Waals surface area contributed by atoms with Crippen molar-refractivity contribution in [2.75, 3.05) is 36.1 Å². The zero-order valence-corrected chi connectivity index (χ0v) is 17.6. The topological polar surface area (TPSA) is 61.9 Å². The van der Waals surface area contributed by atoms with Gasteiger partial charge in [0, 0.05) is 18.8 Å². The van der Waals surface area contributed by atoms with Gasteiger partial charge in [-0.1, -0.05) is 37.3 Å². The standard InChI is InChI=1S/C23H23N3O3S/c1-2-16-7-9-18(10-8-16)26-22(28)19(21(27)24-23(26)30)15-17-5-3-4-6-20(17)25-11-13-29-14-12-25/h3-10,15H,2,11-14H2,1H3,(H,24,27,30)/b19-15-. The lowest BCUT2D eigenvalue weighted by atomic mass is 10.0. The number of carbonyl (C=O) groups is 2. The Morgan fingerprint density at radius 1 is 1.07 bits per heavy atom. The van der Waals surface area contributed by atoms with E-state index in [-0.39, 0.29) is 10.7 Å². The van der Waals surface area contributed by atoms with Crippen LogP contribution in [0.5, 0.6) is 0 Å². The summed E-state index contributed by atoms with van der Waals surface area (Å²) in [7, 11) is 0. The Bertz CT molecular complexity index is 1010. The number of carbonyl (C=O) groups excluding carboxylic acids is 2. The van der Waals surface area contributed by atoms with Crippen LogP contribution in [-0.2, 0) is 20.7 Å². The lowest BCUT2D eigenvalue weighted by molar-refractivity contribution is -0.122. The minimum atomic E-state index is -0.483. The minimum absolute atomic E-state index is 0.0591. The van der Waals surface area contributed by atoms with E-state index < -0.39 is 11.8 Å². The maximum absolute atomic E-state index is 13.3. The van der Waals surface area contributed by atoms with E-state index in [9.17, 15) is 9.59 Å². The van der Waals surface area contributed by atoms with Crippen molar-refractivity contribution in [2.45, 2.75) is 13.3 Å². The molecule has 2 heterocycles. The number of benzene rings is 2. The molecular weight excluding hydrogens is 398 g/mol. The maximum Gasteiger partial charge on any atom is 0.270 e. The van der Waals surface area contributed by atoms with Crippen molar-refractivity contribution in [3.05, 3.63) is 65.2 Å². The molecule has 2 aromatic carbocycles. The van der Waals surface area contributed by atoms with Crippen LogP contribution >= 0.6 is 12.2 Å². The number of anilines is 2. The highest BCUT2D eigenvalue weighted by Gasteiger charge is 2.34. The second kappa shape index (κ2) is 8.77. The Labute approximate surface area is 181 Å². The third-order valence-electron chi connectivity index (χ3n) is 5.29. The Balaban J connectivity index is 1.69. The number of para-hydroxylation sites is 1. The molecule has 0 radical (unpaired) electrons. The molecule has 4 rings (SSSR count). The molecule has 0 saturated carbocycles. The van der Waals surface area contributed by atoms with E-state index in [4.69, 9.17) is 17.0 Å². The van der Waals surface area contributed by atoms with Crippen molar-refractivity contribution in [1.29, 1.82) is 0 Å². The van der Waals surface area contributed by atoms with E-state index in [0.29, 0.717) is 18.9 Å². The van der Waals surface area contributed by atoms with E-state index in [1.54, 1.807) is 6.08 Å². The molecule has 2 saturated heterocycles. The Morgan fingerprint density at radius 2 is 1.77 bits per heavy atom. The molecule has 2 aromatic rings. The van der Waals surface area contributed by atoms with Crippen LogP contribution in [0.25, 0.3) is 6.08 Å². The monoisotopic (exact) mass is 421 g/mol. The Hall–Kier alpha value is -3.03. The summed E-state index contributed by atoms with van der Waals surface area (Å²) in [4.78, 5) is 29.5. The molecule has 30 heavy (non-hydrogen) atoms. The molecule has 2 aliphatic heterocycles. The second-order valence-electron chi connectivity index (χ2n) is 7.14. The number of aryl methyl sites for hydroxylation is 1. The fourth-order valence-electron chi connectivity index (χ4n) is 3.63. The van der Waals surface area contributed by atoms with Gasteiger partial charge in [0.1, 0.15) is 5.57 Å². The molecule has 2 amide bonds. The highest BCUT2D eigenvalue weighted by Crippen LogP contribution is 2.27. The number of hydrogen-bond acceptors (Lipinski definition) is 5. The molecule has 1 N–H and O–H groups in total. The van der Waals surface area contributed by atoms with E-state index in [1.165, 1.54) is 4.90 Å². The molecule has 2 fully saturated rings. The number of rotatable bonds is 4. The average molecular weight is 422 g/mol. The van der Waals surface area contributed by atoms with Crippen molar-refractivity contribution < 1.29 is 14.3 Å². The van der Waals surface area contributed by atoms with Crippen molar-refractivity contribution in [3.8, 4) is 0 Å². The summed E-state index contributed by atoms with van der Waals surface area (Å²) in [6.45, 7) is 4.90. The third kappa shape index (κ3) is 3.99. The highest BCUT2D eigenvalue weighted by molar-refractivity contribution is 7.80. The van der Waals surface area contributed by atoms with Crippen LogP contribution in [-0.4, -0.2) is 43.2 Å². The van der Waals surface area contributed by atoms with Gasteiger partial charge in [-0.2, -0.15) is 0 Å². The van der Waals surface area contributed by atoms with Crippen LogP contribution in [0.3, 0.4) is 0 Å². The molecule has 0 bridgehead atoms. The number of amides is 2. The molecular formula is C23H23N3O3S. The van der Waals surface area contributed by atoms with Gasteiger partial charge in [-0.15, -0.1) is 0 Å². The smallest absolute Gasteiger partial charge is 0.270 e. The summed E-state index contributed by atoms with van der Waals surface area (Å²) in [6, 6.07) is 15.4. The molecule has 0 spiro atoms. The maximum atomic E-state index is 13.3. The van der Waals surface area contributed by atoms with Gasteiger partial charge in [0.05, 0.1) is 18.9 Å². The summed E-state index contributed by atoms with van der Waals surface area (Å²) >= 11 is 5.29. The van der Waals surface area contributed by atoms with Gasteiger partial charge in [-0.05, 0) is 54.0 Å². The number of thiocarbonyl (C=S) groups is 1. The lowest BCUT2D eigenvalue weighted by Crippen LogP contribution is -2.54. The molecule has 6 nitrogen and oxygen atoms in total. The van der Waals surface area contributed by atoms with E-state index in [0.717, 1.165) is 36.3 Å². The second-order valence-corrected chi connectivity index (χ2v) is 7.52. The van der Waals surface area contributed by atoms with Crippen LogP contribution in [0.2, 0.25) is 0 Å². The van der Waals surface area contributed by atoms with Gasteiger partial charge < -0.3 is 9.64 Å². The summed E-state index contributed by atoms with van der Waals surface area (Å²) in [5, 5.41) is 2.74. The molecule has 0 aromatic heterocycles. The normalized spacial score (nSPS) is 18.7. The Kier molecular flexibility index (Phi) is 5.92. The Morgan fingerprint density at radius 3 is 2.47 bits per heavy atom. The van der Waals surface area contributed by atoms with Crippen LogP contribution in [0.4, 0.5) is 11.4 Å². The first-order valence-electron chi connectivity index (χ1n) is 10.0. The van der Waals surface area contributed by atoms with Crippen molar-refractivity contribution >= 4 is 46.6 Å². The quantitative estimate of drug-likeness (QED) is 0.467. The molecule has 2 aliphatic rings. The van der Waals surface area contributed by atoms with E-state index in [1.807, 2.05) is 48.5 Å². The number of nitrogens with zero attached hydrogens (tertiary/aromatic N) is 2. The van der Waals surface area contributed by atoms with Gasteiger partial charge in [-0.25, -0.2) is 0 Å². The average Bonchev–Trinajstić information content (AvgIpc) is 2.78. The number of nitrogens with one attached hydrogen (secondary N) is 1. The predicted octanol–water partition coefficient (Wildman–Crippen LogP) is 2.92. The third-order valence-corrected chi connectivity index (χ3v) is 5.58. The van der Waals surface area contributed by atoms with Gasteiger partial charge in [0.25, 0.3) is 11.8 Å². The van der Waals surface area contributed by atoms with Gasteiger partial charge in [0.15, 0.2) is 5.11 Å². The van der Waals surface area contributed by atoms with Crippen LogP contribution in [0.1, 0.15) is 18.1 Å². The van der Waals surface area contributed by atoms with Gasteiger partial charge >= 0.3 is 0 Å². The molecule has 0 aliphatic carbocycles. The fraction of sp³-hybridized carbons (Fsp3) is 0.261. The van der Waals surface area contributed by atoms with Crippen molar-refractivity contribution in [2.24, 2.45) is 0 Å². The zero-order chi connectivity index (χ0) is 21.1. The predicted molar refractivity (Wildman–Crippen MR) is 121 cm³/mol. The van der Waals surface area contributed by atoms with Gasteiger partial charge in [0.2, 0.25) is 0 Å². The number of hydrogen-bond donors (Lipinski definition) is 1. The molecule has 0 atom stereocenters. The lowest BCUT2D eigenvalue weighted by Gasteiger charge is -2.31. The number of morpholine rings is 1. The summed E-state index contributed by atoms with van der Waals surface area (Å²) in [5.74, 6) is -0.909. The SMILES string of the molecule is CCc1ccc(N2C(=O)/C(=C\c3ccccc3N3CCOCC3)C(=O)NC2=S)cc1. The first-order chi connectivity index (χ1) is 14.6. The van der Waals surface area contributed by atoms with Crippen LogP contribution < -0.4 is 15.1 Å². The molecule has 7 heteroatoms. The molecule has 0 unspecified atom stereocenters. The highest BCUT2D eigenvalue weighted by atomic mass is 32.1. The van der Waals surface area contributed by atoms with Crippen molar-refractivity contribution in [1.82, 2.24) is 5.32 Å². The zero-order valence-electron chi connectivity index (χ0n) is 16.8. The van der Waals surface area contributed by atoms with E-state index in [2.05, 4.69) is 17.1 Å². The number of ether oxygens (including phenoxy) is 1. The van der Waals surface area contributed by atoms with Crippen molar-refractivity contribution in [3.63, 3.8) is 0 Å². The first-order valence-corrected chi connectivity index (χ1v) is 10.4. The van der Waals surface area contributed by atoms with E-state index >= 15 is 0 Å². The first kappa shape index (κ1) is 20.3. The largest absolute Gasteiger partial charge is 0.378 e. The summed E-state index contributed by atoms with van der Waals surface area (Å²) in [5.41, 5.74) is 3.64. The molecule has 154 valence electrons. The van der Waals surface area contributed by atoms with Crippen LogP contribution in [0.15, 0.2) is 54.1 Å². The summed E-state index contributed by atoms with van der Waals surface area (Å²) < 4.78 is 5.44. The fourth-order valence-corrected chi connectivity index (χ4v) is 3.91. The summed E-state index contributed by atoms with van der Waals surface area (Å²) in [6.07, 6.45) is 2.55. The minimum Gasteiger partial charge on any atom is -0.378 e. The van der Waals surface area contributed by atoms with Gasteiger partial charge in [-0.3, -0.25) is 19.8 Å². The van der Waals surface area contributed by atoms with Crippen LogP contribution in [0, 0.1) is 0 Å².